The third kappa shape index (κ3) is 4.93. The molecule has 2 aromatic rings. The number of hydrogen-bond donors (Lipinski definition) is 1. The molecule has 1 N–H and O–H groups in total. The van der Waals surface area contributed by atoms with Gasteiger partial charge in [0.2, 0.25) is 5.88 Å². The third-order valence-corrected chi connectivity index (χ3v) is 7.42. The minimum absolute atomic E-state index is 0.165. The fraction of sp³-hybridized carbons (Fsp3) is 0.429. The van der Waals surface area contributed by atoms with Crippen LogP contribution < -0.4 is 10.1 Å². The van der Waals surface area contributed by atoms with Gasteiger partial charge in [0.05, 0.1) is 29.8 Å². The molecule has 1 atom stereocenters. The zero-order valence-corrected chi connectivity index (χ0v) is 17.7. The predicted molar refractivity (Wildman–Crippen MR) is 111 cm³/mol. The van der Waals surface area contributed by atoms with Gasteiger partial charge in [0.15, 0.2) is 0 Å². The second kappa shape index (κ2) is 8.90. The predicted octanol–water partition coefficient (Wildman–Crippen LogP) is 4.06. The number of pyridine rings is 1. The van der Waals surface area contributed by atoms with Crippen molar-refractivity contribution in [1.82, 2.24) is 9.88 Å². The number of amides is 2. The van der Waals surface area contributed by atoms with Crippen molar-refractivity contribution in [2.75, 3.05) is 25.5 Å². The van der Waals surface area contributed by atoms with E-state index in [0.717, 1.165) is 12.8 Å². The molecule has 2 amide bonds. The molecule has 1 aliphatic heterocycles. The molecule has 8 heteroatoms. The van der Waals surface area contributed by atoms with Crippen LogP contribution in [-0.2, 0) is 10.8 Å². The highest BCUT2D eigenvalue weighted by atomic mass is 32.2. The summed E-state index contributed by atoms with van der Waals surface area (Å²) in [5.74, 6) is 0.266. The molecule has 0 spiro atoms. The maximum atomic E-state index is 13.5. The Morgan fingerprint density at radius 1 is 1.28 bits per heavy atom. The number of halogens is 1. The van der Waals surface area contributed by atoms with Gasteiger partial charge in [0.25, 0.3) is 0 Å². The lowest BCUT2D eigenvalue weighted by Gasteiger charge is -2.40. The maximum absolute atomic E-state index is 13.5. The molecule has 156 valence electrons. The van der Waals surface area contributed by atoms with Gasteiger partial charge in [-0.2, -0.15) is 0 Å². The average molecular weight is 420 g/mol. The summed E-state index contributed by atoms with van der Waals surface area (Å²) < 4.78 is 31.1. The number of piperidine rings is 1. The second-order valence-corrected chi connectivity index (χ2v) is 9.67. The molecular formula is C21H26FN3O3S. The van der Waals surface area contributed by atoms with Crippen LogP contribution in [-0.4, -0.2) is 45.1 Å². The summed E-state index contributed by atoms with van der Waals surface area (Å²) in [7, 11) is 0.198. The fourth-order valence-electron chi connectivity index (χ4n) is 3.59. The molecule has 0 radical (unpaired) electrons. The molecule has 0 bridgehead atoms. The first kappa shape index (κ1) is 21.2. The summed E-state index contributed by atoms with van der Waals surface area (Å²) >= 11 is 0. The van der Waals surface area contributed by atoms with Crippen molar-refractivity contribution in [3.05, 3.63) is 48.4 Å². The van der Waals surface area contributed by atoms with E-state index in [0.29, 0.717) is 29.6 Å². The van der Waals surface area contributed by atoms with Crippen molar-refractivity contribution in [3.8, 4) is 5.88 Å². The van der Waals surface area contributed by atoms with Crippen LogP contribution in [0.15, 0.2) is 47.5 Å². The van der Waals surface area contributed by atoms with E-state index in [1.54, 1.807) is 35.4 Å². The van der Waals surface area contributed by atoms with Crippen LogP contribution in [0.3, 0.4) is 0 Å². The number of urea groups is 1. The smallest absolute Gasteiger partial charge is 0.321 e. The molecule has 3 rings (SSSR count). The molecule has 1 aromatic carbocycles. The molecule has 1 aliphatic rings. The van der Waals surface area contributed by atoms with E-state index in [4.69, 9.17) is 4.74 Å². The third-order valence-electron chi connectivity index (χ3n) is 5.45. The van der Waals surface area contributed by atoms with Crippen LogP contribution in [0.25, 0.3) is 0 Å². The van der Waals surface area contributed by atoms with Crippen molar-refractivity contribution in [2.45, 2.75) is 36.3 Å². The normalized spacial score (nSPS) is 16.3. The Morgan fingerprint density at radius 2 is 2.00 bits per heavy atom. The van der Waals surface area contributed by atoms with Crippen molar-refractivity contribution in [3.63, 3.8) is 0 Å². The number of likely N-dealkylation sites (tertiary alicyclic amines) is 1. The SMILES string of the molecule is COc1ccc(NC(=O)N2CCC(C(C)(C)S(=O)c3cccc(F)c3)CC2)cn1. The highest BCUT2D eigenvalue weighted by molar-refractivity contribution is 7.86. The van der Waals surface area contributed by atoms with Gasteiger partial charge in [0.1, 0.15) is 5.82 Å². The lowest BCUT2D eigenvalue weighted by molar-refractivity contribution is 0.172. The summed E-state index contributed by atoms with van der Waals surface area (Å²) in [6.45, 7) is 5.06. The van der Waals surface area contributed by atoms with Gasteiger partial charge in [0, 0.05) is 28.8 Å². The monoisotopic (exact) mass is 419 g/mol. The molecule has 2 heterocycles. The molecule has 6 nitrogen and oxygen atoms in total. The lowest BCUT2D eigenvalue weighted by Crippen LogP contribution is -2.47. The largest absolute Gasteiger partial charge is 0.481 e. The Morgan fingerprint density at radius 3 is 2.59 bits per heavy atom. The molecule has 1 unspecified atom stereocenters. The topological polar surface area (TPSA) is 71.5 Å². The van der Waals surface area contributed by atoms with Gasteiger partial charge >= 0.3 is 6.03 Å². The summed E-state index contributed by atoms with van der Waals surface area (Å²) in [4.78, 5) is 18.9. The number of ether oxygens (including phenoxy) is 1. The Bertz CT molecular complexity index is 881. The number of carbonyl (C=O) groups excluding carboxylic acids is 1. The first-order valence-corrected chi connectivity index (χ1v) is 10.7. The summed E-state index contributed by atoms with van der Waals surface area (Å²) in [6, 6.07) is 9.21. The quantitative estimate of drug-likeness (QED) is 0.793. The van der Waals surface area contributed by atoms with Gasteiger partial charge in [-0.05, 0) is 56.9 Å². The molecular weight excluding hydrogens is 393 g/mol. The van der Waals surface area contributed by atoms with Crippen molar-refractivity contribution < 1.29 is 18.1 Å². The molecule has 1 aromatic heterocycles. The highest BCUT2D eigenvalue weighted by Crippen LogP contribution is 2.35. The number of nitrogens with zero attached hydrogens (tertiary/aromatic N) is 2. The fourth-order valence-corrected chi connectivity index (χ4v) is 5.16. The van der Waals surface area contributed by atoms with Crippen molar-refractivity contribution in [2.24, 2.45) is 5.92 Å². The van der Waals surface area contributed by atoms with Gasteiger partial charge in [-0.3, -0.25) is 4.21 Å². The van der Waals surface area contributed by atoms with Gasteiger partial charge < -0.3 is 15.0 Å². The van der Waals surface area contributed by atoms with Crippen LogP contribution in [0.4, 0.5) is 14.9 Å². The number of nitrogens with one attached hydrogen (secondary N) is 1. The number of hydrogen-bond acceptors (Lipinski definition) is 4. The molecule has 29 heavy (non-hydrogen) atoms. The zero-order chi connectivity index (χ0) is 21.0. The number of aromatic nitrogens is 1. The first-order valence-electron chi connectivity index (χ1n) is 9.54. The minimum Gasteiger partial charge on any atom is -0.481 e. The van der Waals surface area contributed by atoms with E-state index in [1.165, 1.54) is 19.2 Å². The number of benzene rings is 1. The van der Waals surface area contributed by atoms with Crippen LogP contribution in [0.2, 0.25) is 0 Å². The molecule has 0 aliphatic carbocycles. The summed E-state index contributed by atoms with van der Waals surface area (Å²) in [5.41, 5.74) is 0.602. The molecule has 1 fully saturated rings. The van der Waals surface area contributed by atoms with Crippen molar-refractivity contribution in [1.29, 1.82) is 0 Å². The number of carbonyl (C=O) groups is 1. The van der Waals surface area contributed by atoms with E-state index in [-0.39, 0.29) is 17.8 Å². The maximum Gasteiger partial charge on any atom is 0.321 e. The van der Waals surface area contributed by atoms with Crippen molar-refractivity contribution >= 4 is 22.5 Å². The van der Waals surface area contributed by atoms with E-state index >= 15 is 0 Å². The van der Waals surface area contributed by atoms with E-state index < -0.39 is 15.5 Å². The Hall–Kier alpha value is -2.48. The summed E-state index contributed by atoms with van der Waals surface area (Å²) in [6.07, 6.45) is 3.03. The van der Waals surface area contributed by atoms with Gasteiger partial charge in [-0.1, -0.05) is 6.07 Å². The lowest BCUT2D eigenvalue weighted by atomic mass is 9.86. The average Bonchev–Trinajstić information content (AvgIpc) is 2.73. The Kier molecular flexibility index (Phi) is 6.52. The van der Waals surface area contributed by atoms with Crippen LogP contribution >= 0.6 is 0 Å². The number of methoxy groups -OCH3 is 1. The minimum atomic E-state index is -1.34. The summed E-state index contributed by atoms with van der Waals surface area (Å²) in [5, 5.41) is 2.84. The Balaban J connectivity index is 1.58. The first-order chi connectivity index (χ1) is 13.8. The number of rotatable bonds is 5. The van der Waals surface area contributed by atoms with E-state index in [9.17, 15) is 13.4 Å². The highest BCUT2D eigenvalue weighted by Gasteiger charge is 2.38. The van der Waals surface area contributed by atoms with Gasteiger partial charge in [-0.25, -0.2) is 14.2 Å². The van der Waals surface area contributed by atoms with E-state index in [1.807, 2.05) is 13.8 Å². The Labute approximate surface area is 172 Å². The second-order valence-electron chi connectivity index (χ2n) is 7.61. The standard InChI is InChI=1S/C21H26FN3O3S/c1-21(2,29(27)18-6-4-5-16(22)13-18)15-9-11-25(12-10-15)20(26)24-17-7-8-19(28-3)23-14-17/h4-8,13-15H,9-12H2,1-3H3,(H,24,26). The zero-order valence-electron chi connectivity index (χ0n) is 16.9. The van der Waals surface area contributed by atoms with Gasteiger partial charge in [-0.15, -0.1) is 0 Å². The number of anilines is 1. The van der Waals surface area contributed by atoms with Crippen LogP contribution in [0, 0.1) is 11.7 Å². The van der Waals surface area contributed by atoms with E-state index in [2.05, 4.69) is 10.3 Å². The van der Waals surface area contributed by atoms with Crippen LogP contribution in [0.5, 0.6) is 5.88 Å². The molecule has 1 saturated heterocycles. The van der Waals surface area contributed by atoms with Crippen LogP contribution in [0.1, 0.15) is 26.7 Å². The molecule has 0 saturated carbocycles.